The van der Waals surface area contributed by atoms with Gasteiger partial charge in [-0.1, -0.05) is 48.0 Å². The summed E-state index contributed by atoms with van der Waals surface area (Å²) < 4.78 is 0. The maximum absolute atomic E-state index is 11.3. The number of halogens is 1. The van der Waals surface area contributed by atoms with Crippen LogP contribution in [-0.2, 0) is 17.8 Å². The van der Waals surface area contributed by atoms with Gasteiger partial charge in [-0.15, -0.1) is 0 Å². The van der Waals surface area contributed by atoms with E-state index in [0.29, 0.717) is 16.1 Å². The number of benzene rings is 3. The Hall–Kier alpha value is -2.36. The van der Waals surface area contributed by atoms with E-state index in [-0.39, 0.29) is 13.0 Å². The van der Waals surface area contributed by atoms with Gasteiger partial charge in [-0.3, -0.25) is 4.79 Å². The number of carboxylic acid groups (broad SMARTS) is 1. The zero-order valence-electron chi connectivity index (χ0n) is 12.3. The first-order chi connectivity index (χ1) is 11.1. The quantitative estimate of drug-likeness (QED) is 0.752. The third kappa shape index (κ3) is 3.07. The van der Waals surface area contributed by atoms with Crippen LogP contribution in [0.4, 0.5) is 0 Å². The van der Waals surface area contributed by atoms with Crippen LogP contribution in [0, 0.1) is 0 Å². The Morgan fingerprint density at radius 2 is 1.74 bits per heavy atom. The molecular formula is C19H15ClO3. The van der Waals surface area contributed by atoms with Gasteiger partial charge in [0.15, 0.2) is 0 Å². The molecule has 4 heteroatoms. The van der Waals surface area contributed by atoms with Crippen molar-refractivity contribution in [2.75, 3.05) is 0 Å². The normalized spacial score (nSPS) is 10.9. The van der Waals surface area contributed by atoms with Gasteiger partial charge in [-0.05, 0) is 51.2 Å². The lowest BCUT2D eigenvalue weighted by Crippen LogP contribution is -2.06. The summed E-state index contributed by atoms with van der Waals surface area (Å²) in [6, 6.07) is 16.9. The zero-order chi connectivity index (χ0) is 16.4. The van der Waals surface area contributed by atoms with E-state index in [0.717, 1.165) is 21.9 Å². The minimum Gasteiger partial charge on any atom is -0.481 e. The summed E-state index contributed by atoms with van der Waals surface area (Å²) in [6.07, 6.45) is -0.140. The monoisotopic (exact) mass is 326 g/mol. The number of aliphatic hydroxyl groups is 1. The maximum atomic E-state index is 11.3. The number of fused-ring (bicyclic) bond motifs is 1. The number of aliphatic carboxylic acids is 1. The van der Waals surface area contributed by atoms with Crippen molar-refractivity contribution in [3.05, 3.63) is 70.7 Å². The summed E-state index contributed by atoms with van der Waals surface area (Å²) >= 11 is 5.97. The summed E-state index contributed by atoms with van der Waals surface area (Å²) in [5.41, 5.74) is 3.00. The molecule has 0 saturated heterocycles. The van der Waals surface area contributed by atoms with Crippen LogP contribution >= 0.6 is 11.6 Å². The largest absolute Gasteiger partial charge is 0.481 e. The lowest BCUT2D eigenvalue weighted by Gasteiger charge is -2.16. The van der Waals surface area contributed by atoms with Gasteiger partial charge >= 0.3 is 5.97 Å². The fourth-order valence-electron chi connectivity index (χ4n) is 2.89. The van der Waals surface area contributed by atoms with E-state index >= 15 is 0 Å². The number of carboxylic acids is 1. The molecule has 3 aromatic carbocycles. The van der Waals surface area contributed by atoms with Crippen LogP contribution in [0.1, 0.15) is 11.1 Å². The second-order valence-corrected chi connectivity index (χ2v) is 5.78. The number of aliphatic hydroxyl groups excluding tert-OH is 1. The summed E-state index contributed by atoms with van der Waals surface area (Å²) in [5, 5.41) is 21.5. The van der Waals surface area contributed by atoms with E-state index < -0.39 is 5.97 Å². The molecule has 0 heterocycles. The van der Waals surface area contributed by atoms with Gasteiger partial charge in [0.1, 0.15) is 0 Å². The Morgan fingerprint density at radius 3 is 2.39 bits per heavy atom. The van der Waals surface area contributed by atoms with Gasteiger partial charge in [0.2, 0.25) is 0 Å². The number of rotatable bonds is 4. The molecule has 0 radical (unpaired) electrons. The Labute approximate surface area is 138 Å². The van der Waals surface area contributed by atoms with Gasteiger partial charge in [-0.2, -0.15) is 0 Å². The van der Waals surface area contributed by atoms with Crippen LogP contribution in [0.3, 0.4) is 0 Å². The van der Waals surface area contributed by atoms with E-state index in [2.05, 4.69) is 0 Å². The molecule has 0 aliphatic rings. The van der Waals surface area contributed by atoms with Crippen LogP contribution in [0.25, 0.3) is 21.9 Å². The maximum Gasteiger partial charge on any atom is 0.307 e. The van der Waals surface area contributed by atoms with Crippen LogP contribution in [0.2, 0.25) is 5.02 Å². The van der Waals surface area contributed by atoms with Crippen molar-refractivity contribution in [1.29, 1.82) is 0 Å². The van der Waals surface area contributed by atoms with E-state index in [1.165, 1.54) is 0 Å². The first-order valence-corrected chi connectivity index (χ1v) is 7.60. The molecule has 0 saturated carbocycles. The Balaban J connectivity index is 2.38. The van der Waals surface area contributed by atoms with Crippen LogP contribution in [0.5, 0.6) is 0 Å². The molecule has 0 aliphatic heterocycles. The number of carbonyl (C=O) groups is 1. The summed E-state index contributed by atoms with van der Waals surface area (Å²) in [6.45, 7) is -0.200. The molecule has 0 aromatic heterocycles. The Kier molecular flexibility index (Phi) is 4.33. The number of hydrogen-bond acceptors (Lipinski definition) is 2. The molecule has 23 heavy (non-hydrogen) atoms. The Bertz CT molecular complexity index is 870. The molecule has 3 aromatic rings. The lowest BCUT2D eigenvalue weighted by atomic mass is 9.88. The Morgan fingerprint density at radius 1 is 1.04 bits per heavy atom. The second-order valence-electron chi connectivity index (χ2n) is 5.35. The highest BCUT2D eigenvalue weighted by Crippen LogP contribution is 2.35. The standard InChI is InChI=1S/C19H15ClO3/c20-15-7-5-12(6-8-15)19-16-4-2-1-3-13(16)9-14(11-21)17(19)10-18(22)23/h1-9,21H,10-11H2,(H,22,23). The van der Waals surface area contributed by atoms with Gasteiger partial charge in [-0.25, -0.2) is 0 Å². The average molecular weight is 327 g/mol. The van der Waals surface area contributed by atoms with Crippen LogP contribution < -0.4 is 0 Å². The highest BCUT2D eigenvalue weighted by molar-refractivity contribution is 6.30. The highest BCUT2D eigenvalue weighted by Gasteiger charge is 2.17. The van der Waals surface area contributed by atoms with Crippen LogP contribution in [0.15, 0.2) is 54.6 Å². The molecule has 3 rings (SSSR count). The fourth-order valence-corrected chi connectivity index (χ4v) is 3.01. The second kappa shape index (κ2) is 6.41. The molecule has 0 unspecified atom stereocenters. The molecule has 116 valence electrons. The SMILES string of the molecule is O=C(O)Cc1c(CO)cc2ccccc2c1-c1ccc(Cl)cc1. The average Bonchev–Trinajstić information content (AvgIpc) is 2.55. The molecule has 0 amide bonds. The van der Waals surface area contributed by atoms with Gasteiger partial charge in [0, 0.05) is 5.02 Å². The highest BCUT2D eigenvalue weighted by atomic mass is 35.5. The topological polar surface area (TPSA) is 57.5 Å². The minimum atomic E-state index is -0.926. The van der Waals surface area contributed by atoms with Gasteiger partial charge in [0.25, 0.3) is 0 Å². The third-order valence-electron chi connectivity index (χ3n) is 3.88. The van der Waals surface area contributed by atoms with Crippen molar-refractivity contribution in [1.82, 2.24) is 0 Å². The fraction of sp³-hybridized carbons (Fsp3) is 0.105. The molecule has 0 spiro atoms. The molecule has 0 fully saturated rings. The summed E-state index contributed by atoms with van der Waals surface area (Å²) in [4.78, 5) is 11.3. The predicted molar refractivity (Wildman–Crippen MR) is 91.7 cm³/mol. The van der Waals surface area contributed by atoms with E-state index in [1.807, 2.05) is 42.5 Å². The molecule has 0 bridgehead atoms. The van der Waals surface area contributed by atoms with Crippen molar-refractivity contribution in [2.24, 2.45) is 0 Å². The summed E-state index contributed by atoms with van der Waals surface area (Å²) in [7, 11) is 0. The minimum absolute atomic E-state index is 0.140. The first kappa shape index (κ1) is 15.5. The first-order valence-electron chi connectivity index (χ1n) is 7.22. The lowest BCUT2D eigenvalue weighted by molar-refractivity contribution is -0.136. The summed E-state index contributed by atoms with van der Waals surface area (Å²) in [5.74, 6) is -0.926. The van der Waals surface area contributed by atoms with Gasteiger partial charge < -0.3 is 10.2 Å². The van der Waals surface area contributed by atoms with E-state index in [4.69, 9.17) is 11.6 Å². The van der Waals surface area contributed by atoms with E-state index in [1.54, 1.807) is 12.1 Å². The van der Waals surface area contributed by atoms with Crippen molar-refractivity contribution in [2.45, 2.75) is 13.0 Å². The molecule has 0 atom stereocenters. The molecule has 2 N–H and O–H groups in total. The molecule has 0 aliphatic carbocycles. The molecule has 3 nitrogen and oxygen atoms in total. The smallest absolute Gasteiger partial charge is 0.307 e. The van der Waals surface area contributed by atoms with Crippen LogP contribution in [-0.4, -0.2) is 16.2 Å². The van der Waals surface area contributed by atoms with E-state index in [9.17, 15) is 15.0 Å². The van der Waals surface area contributed by atoms with Gasteiger partial charge in [0.05, 0.1) is 13.0 Å². The van der Waals surface area contributed by atoms with Crippen molar-refractivity contribution in [3.63, 3.8) is 0 Å². The zero-order valence-corrected chi connectivity index (χ0v) is 13.0. The predicted octanol–water partition coefficient (Wildman–Crippen LogP) is 4.28. The number of hydrogen-bond donors (Lipinski definition) is 2. The van der Waals surface area contributed by atoms with Crippen molar-refractivity contribution in [3.8, 4) is 11.1 Å². The van der Waals surface area contributed by atoms with Crippen molar-refractivity contribution < 1.29 is 15.0 Å². The third-order valence-corrected chi connectivity index (χ3v) is 4.13. The van der Waals surface area contributed by atoms with Crippen molar-refractivity contribution >= 4 is 28.3 Å². The molecular weight excluding hydrogens is 312 g/mol.